The molecule has 0 amide bonds. The van der Waals surface area contributed by atoms with Gasteiger partial charge in [0.05, 0.1) is 24.3 Å². The second-order valence-corrected chi connectivity index (χ2v) is 6.21. The van der Waals surface area contributed by atoms with Gasteiger partial charge in [-0.1, -0.05) is 0 Å². The van der Waals surface area contributed by atoms with Crippen molar-refractivity contribution < 1.29 is 19.2 Å². The lowest BCUT2D eigenvalue weighted by atomic mass is 10.1. The number of rotatable bonds is 4. The number of carbonyl (C=O) groups excluding carboxylic acids is 1. The van der Waals surface area contributed by atoms with Crippen molar-refractivity contribution in [3.8, 4) is 5.75 Å². The number of anilines is 1. The third-order valence-electron chi connectivity index (χ3n) is 3.89. The van der Waals surface area contributed by atoms with E-state index in [4.69, 9.17) is 4.74 Å². The summed E-state index contributed by atoms with van der Waals surface area (Å²) in [5.41, 5.74) is 0.319. The van der Waals surface area contributed by atoms with E-state index in [0.29, 0.717) is 30.5 Å². The van der Waals surface area contributed by atoms with Gasteiger partial charge in [0.25, 0.3) is 0 Å². The maximum atomic E-state index is 11.9. The lowest BCUT2D eigenvalue weighted by Crippen LogP contribution is -2.34. The number of nitro benzene ring substituents is 1. The standard InChI is InChI=1S/C14H15BrN2O5/c1-21-14(18)9-6-10-13(11(15)12(9)17(19)20)22-5-4-16(10)7-8-2-3-8/h6,8H,2-5,7H2,1H3. The van der Waals surface area contributed by atoms with Crippen LogP contribution in [0.1, 0.15) is 23.2 Å². The quantitative estimate of drug-likeness (QED) is 0.460. The molecule has 0 unspecified atom stereocenters. The fourth-order valence-electron chi connectivity index (χ4n) is 2.61. The first-order valence-corrected chi connectivity index (χ1v) is 7.79. The number of nitro groups is 1. The summed E-state index contributed by atoms with van der Waals surface area (Å²) in [4.78, 5) is 24.8. The largest absolute Gasteiger partial charge is 0.488 e. The number of carbonyl (C=O) groups is 1. The van der Waals surface area contributed by atoms with Crippen molar-refractivity contribution in [1.29, 1.82) is 0 Å². The molecule has 0 bridgehead atoms. The third-order valence-corrected chi connectivity index (χ3v) is 4.62. The van der Waals surface area contributed by atoms with Gasteiger partial charge < -0.3 is 14.4 Å². The Morgan fingerprint density at radius 3 is 2.91 bits per heavy atom. The molecular weight excluding hydrogens is 356 g/mol. The molecule has 0 aromatic heterocycles. The lowest BCUT2D eigenvalue weighted by molar-refractivity contribution is -0.386. The van der Waals surface area contributed by atoms with Gasteiger partial charge in [-0.2, -0.15) is 0 Å². The van der Waals surface area contributed by atoms with Gasteiger partial charge >= 0.3 is 11.7 Å². The van der Waals surface area contributed by atoms with Crippen LogP contribution in [0.15, 0.2) is 10.5 Å². The fourth-order valence-corrected chi connectivity index (χ4v) is 3.28. The first-order chi connectivity index (χ1) is 10.5. The molecule has 7 nitrogen and oxygen atoms in total. The van der Waals surface area contributed by atoms with Gasteiger partial charge in [-0.15, -0.1) is 0 Å². The van der Waals surface area contributed by atoms with E-state index in [0.717, 1.165) is 6.54 Å². The van der Waals surface area contributed by atoms with Crippen LogP contribution in [-0.2, 0) is 4.74 Å². The molecule has 0 atom stereocenters. The molecule has 0 saturated heterocycles. The zero-order valence-electron chi connectivity index (χ0n) is 12.0. The average Bonchev–Trinajstić information content (AvgIpc) is 3.30. The molecule has 0 N–H and O–H groups in total. The maximum Gasteiger partial charge on any atom is 0.345 e. The number of fused-ring (bicyclic) bond motifs is 1. The number of nitrogens with zero attached hydrogens (tertiary/aromatic N) is 2. The van der Waals surface area contributed by atoms with Gasteiger partial charge in [0, 0.05) is 6.54 Å². The Labute approximate surface area is 135 Å². The number of hydrogen-bond donors (Lipinski definition) is 0. The molecule has 3 rings (SSSR count). The van der Waals surface area contributed by atoms with E-state index < -0.39 is 10.9 Å². The van der Waals surface area contributed by atoms with Gasteiger partial charge in [0.1, 0.15) is 16.6 Å². The molecule has 0 spiro atoms. The van der Waals surface area contributed by atoms with Crippen LogP contribution in [0.5, 0.6) is 5.75 Å². The number of hydrogen-bond acceptors (Lipinski definition) is 6. The second kappa shape index (κ2) is 5.75. The highest BCUT2D eigenvalue weighted by Crippen LogP contribution is 2.46. The van der Waals surface area contributed by atoms with Crippen LogP contribution in [0.4, 0.5) is 11.4 Å². The first-order valence-electron chi connectivity index (χ1n) is 7.00. The molecule has 2 aliphatic rings. The van der Waals surface area contributed by atoms with Crippen LogP contribution in [0, 0.1) is 16.0 Å². The predicted molar refractivity (Wildman–Crippen MR) is 82.6 cm³/mol. The molecule has 0 radical (unpaired) electrons. The third kappa shape index (κ3) is 2.63. The zero-order valence-corrected chi connectivity index (χ0v) is 13.6. The Morgan fingerprint density at radius 1 is 1.59 bits per heavy atom. The molecular formula is C14H15BrN2O5. The van der Waals surface area contributed by atoms with Crippen molar-refractivity contribution in [2.24, 2.45) is 5.92 Å². The molecule has 22 heavy (non-hydrogen) atoms. The number of benzene rings is 1. The highest BCUT2D eigenvalue weighted by Gasteiger charge is 2.35. The molecule has 1 heterocycles. The summed E-state index contributed by atoms with van der Waals surface area (Å²) in [6.45, 7) is 2.04. The minimum atomic E-state index is -0.729. The minimum absolute atomic E-state index is 0.0654. The molecule has 1 aromatic carbocycles. The Bertz CT molecular complexity index is 645. The van der Waals surface area contributed by atoms with E-state index >= 15 is 0 Å². The minimum Gasteiger partial charge on any atom is -0.488 e. The van der Waals surface area contributed by atoms with Crippen LogP contribution in [0.3, 0.4) is 0 Å². The molecule has 118 valence electrons. The molecule has 1 fully saturated rings. The van der Waals surface area contributed by atoms with E-state index in [1.807, 2.05) is 0 Å². The summed E-state index contributed by atoms with van der Waals surface area (Å²) in [5.74, 6) is 0.347. The number of methoxy groups -OCH3 is 1. The van der Waals surface area contributed by atoms with Crippen LogP contribution < -0.4 is 9.64 Å². The normalized spacial score (nSPS) is 16.7. The predicted octanol–water partition coefficient (Wildman–Crippen LogP) is 2.75. The van der Waals surface area contributed by atoms with Crippen molar-refractivity contribution in [1.82, 2.24) is 0 Å². The SMILES string of the molecule is COC(=O)c1cc2c(c(Br)c1[N+](=O)[O-])OCCN2CC1CC1. The van der Waals surface area contributed by atoms with Crippen molar-refractivity contribution in [3.05, 3.63) is 26.2 Å². The van der Waals surface area contributed by atoms with E-state index in [2.05, 4.69) is 25.6 Å². The second-order valence-electron chi connectivity index (χ2n) is 5.42. The summed E-state index contributed by atoms with van der Waals surface area (Å²) in [7, 11) is 1.21. The molecule has 1 aliphatic carbocycles. The Morgan fingerprint density at radius 2 is 2.32 bits per heavy atom. The summed E-state index contributed by atoms with van der Waals surface area (Å²) >= 11 is 3.22. The highest BCUT2D eigenvalue weighted by atomic mass is 79.9. The van der Waals surface area contributed by atoms with Gasteiger partial charge in [0.15, 0.2) is 5.75 Å². The van der Waals surface area contributed by atoms with E-state index in [9.17, 15) is 14.9 Å². The monoisotopic (exact) mass is 370 g/mol. The van der Waals surface area contributed by atoms with Gasteiger partial charge in [-0.3, -0.25) is 10.1 Å². The van der Waals surface area contributed by atoms with Crippen molar-refractivity contribution in [3.63, 3.8) is 0 Å². The van der Waals surface area contributed by atoms with Crippen molar-refractivity contribution in [2.75, 3.05) is 31.7 Å². The molecule has 1 aliphatic heterocycles. The average molecular weight is 371 g/mol. The van der Waals surface area contributed by atoms with Crippen LogP contribution in [0.25, 0.3) is 0 Å². The van der Waals surface area contributed by atoms with Crippen LogP contribution >= 0.6 is 15.9 Å². The summed E-state index contributed by atoms with van der Waals surface area (Å²) < 4.78 is 10.5. The van der Waals surface area contributed by atoms with E-state index in [-0.39, 0.29) is 15.7 Å². The summed E-state index contributed by atoms with van der Waals surface area (Å²) in [5, 5.41) is 11.3. The fraction of sp³-hybridized carbons (Fsp3) is 0.500. The zero-order chi connectivity index (χ0) is 15.9. The number of halogens is 1. The van der Waals surface area contributed by atoms with Crippen LogP contribution in [0.2, 0.25) is 0 Å². The summed E-state index contributed by atoms with van der Waals surface area (Å²) in [6.07, 6.45) is 2.40. The molecule has 8 heteroatoms. The highest BCUT2D eigenvalue weighted by molar-refractivity contribution is 9.10. The van der Waals surface area contributed by atoms with Gasteiger partial charge in [-0.05, 0) is 40.8 Å². The number of ether oxygens (including phenoxy) is 2. The Balaban J connectivity index is 2.12. The van der Waals surface area contributed by atoms with E-state index in [1.165, 1.54) is 26.0 Å². The molecule has 1 saturated carbocycles. The summed E-state index contributed by atoms with van der Waals surface area (Å²) in [6, 6.07) is 1.51. The van der Waals surface area contributed by atoms with E-state index in [1.54, 1.807) is 0 Å². The maximum absolute atomic E-state index is 11.9. The Hall–Kier alpha value is -1.83. The first kappa shape index (κ1) is 15.1. The van der Waals surface area contributed by atoms with Crippen molar-refractivity contribution >= 4 is 33.3 Å². The topological polar surface area (TPSA) is 81.9 Å². The van der Waals surface area contributed by atoms with Crippen LogP contribution in [-0.4, -0.2) is 37.7 Å². The van der Waals surface area contributed by atoms with Gasteiger partial charge in [0.2, 0.25) is 0 Å². The smallest absolute Gasteiger partial charge is 0.345 e. The Kier molecular flexibility index (Phi) is 3.94. The lowest BCUT2D eigenvalue weighted by Gasteiger charge is -2.32. The number of esters is 1. The van der Waals surface area contributed by atoms with Gasteiger partial charge in [-0.25, -0.2) is 4.79 Å². The molecule has 1 aromatic rings. The van der Waals surface area contributed by atoms with Crippen molar-refractivity contribution in [2.45, 2.75) is 12.8 Å².